The highest BCUT2D eigenvalue weighted by molar-refractivity contribution is 7.34. The van der Waals surface area contributed by atoms with Crippen LogP contribution in [0.4, 0.5) is 10.2 Å². The number of nitrogens with zero attached hydrogens (tertiary/aromatic N) is 6. The number of ether oxygens (including phenoxy) is 3. The molecule has 18 heteroatoms. The average molecular weight is 842 g/mol. The van der Waals surface area contributed by atoms with Crippen LogP contribution < -0.4 is 36.0 Å². The molecule has 6 atom stereocenters. The van der Waals surface area contributed by atoms with Crippen LogP contribution in [-0.4, -0.2) is 60.6 Å². The molecule has 1 aliphatic heterocycles. The van der Waals surface area contributed by atoms with Crippen LogP contribution in [-0.2, 0) is 18.7 Å². The van der Waals surface area contributed by atoms with Crippen molar-refractivity contribution in [2.24, 2.45) is 9.86 Å². The summed E-state index contributed by atoms with van der Waals surface area (Å²) < 4.78 is 53.8. The van der Waals surface area contributed by atoms with Gasteiger partial charge in [-0.2, -0.15) is 4.98 Å². The first-order valence-electron chi connectivity index (χ1n) is 18.8. The van der Waals surface area contributed by atoms with E-state index in [9.17, 15) is 20.0 Å². The highest BCUT2D eigenvalue weighted by Crippen LogP contribution is 2.48. The topological polar surface area (TPSA) is 208 Å². The lowest BCUT2D eigenvalue weighted by Crippen LogP contribution is -2.68. The summed E-state index contributed by atoms with van der Waals surface area (Å²) in [6, 6.07) is 29.4. The number of anilines is 1. The molecule has 1 fully saturated rings. The Morgan fingerprint density at radius 1 is 1.03 bits per heavy atom. The van der Waals surface area contributed by atoms with Crippen LogP contribution in [0.15, 0.2) is 124 Å². The molecule has 59 heavy (non-hydrogen) atoms. The number of carbonyl (C=O) groups excluding carboxylic acids is 1. The van der Waals surface area contributed by atoms with Gasteiger partial charge in [-0.05, 0) is 59.2 Å². The normalized spacial score (nSPS) is 20.2. The van der Waals surface area contributed by atoms with Gasteiger partial charge in [-0.15, -0.1) is 0 Å². The number of nitrogen functional groups attached to an aromatic ring is 1. The van der Waals surface area contributed by atoms with E-state index in [1.54, 1.807) is 44.2 Å². The Labute approximate surface area is 342 Å². The Bertz CT molecular complexity index is 2390. The minimum Gasteiger partial charge on any atom is -0.575 e. The summed E-state index contributed by atoms with van der Waals surface area (Å²) in [5.41, 5.74) is 12.5. The molecule has 0 radical (unpaired) electrons. The first-order chi connectivity index (χ1) is 28.1. The number of azide groups is 1. The first kappa shape index (κ1) is 42.9. The summed E-state index contributed by atoms with van der Waals surface area (Å²) in [6.07, 6.45) is -4.51. The third kappa shape index (κ3) is 8.86. The zero-order chi connectivity index (χ0) is 42.5. The van der Waals surface area contributed by atoms with Crippen molar-refractivity contribution >= 4 is 49.4 Å². The van der Waals surface area contributed by atoms with E-state index in [0.29, 0.717) is 10.8 Å². The number of benzene rings is 4. The number of rotatable bonds is 14. The molecule has 0 bridgehead atoms. The summed E-state index contributed by atoms with van der Waals surface area (Å²) in [4.78, 5) is 46.1. The van der Waals surface area contributed by atoms with Crippen LogP contribution >= 0.6 is 8.17 Å². The van der Waals surface area contributed by atoms with Crippen molar-refractivity contribution in [1.29, 1.82) is 0 Å². The summed E-state index contributed by atoms with van der Waals surface area (Å²) in [7, 11) is -6.45. The molecule has 6 rings (SSSR count). The van der Waals surface area contributed by atoms with Crippen molar-refractivity contribution in [3.63, 3.8) is 0 Å². The van der Waals surface area contributed by atoms with Crippen molar-refractivity contribution in [1.82, 2.24) is 9.55 Å². The van der Waals surface area contributed by atoms with E-state index in [0.717, 1.165) is 14.9 Å². The molecule has 0 spiro atoms. The molecule has 4 aromatic carbocycles. The number of fused-ring (bicyclic) bond motifs is 1. The fourth-order valence-corrected chi connectivity index (χ4v) is 12.5. The summed E-state index contributed by atoms with van der Waals surface area (Å²) in [5, 5.41) is 5.97. The minimum atomic E-state index is -3.57. The summed E-state index contributed by atoms with van der Waals surface area (Å²) in [5.74, 6) is -0.847. The molecule has 15 nitrogen and oxygen atoms in total. The van der Waals surface area contributed by atoms with Gasteiger partial charge in [0.25, 0.3) is 8.32 Å². The van der Waals surface area contributed by atoms with E-state index < -0.39 is 76.2 Å². The van der Waals surface area contributed by atoms with Crippen LogP contribution in [0.3, 0.4) is 0 Å². The number of aromatic nitrogens is 2. The van der Waals surface area contributed by atoms with E-state index >= 15 is 4.39 Å². The second-order valence-corrected chi connectivity index (χ2v) is 20.4. The maximum Gasteiger partial charge on any atom is 0.395 e. The van der Waals surface area contributed by atoms with Gasteiger partial charge in [0.05, 0.1) is 6.10 Å². The number of hydrogen-bond donors (Lipinski definition) is 1. The third-order valence-corrected chi connectivity index (χ3v) is 15.7. The fourth-order valence-electron chi connectivity index (χ4n) is 7.12. The molecule has 0 aliphatic carbocycles. The van der Waals surface area contributed by atoms with E-state index in [-0.39, 0.29) is 17.3 Å². The average Bonchev–Trinajstić information content (AvgIpc) is 3.46. The van der Waals surface area contributed by atoms with Crippen LogP contribution in [0.2, 0.25) is 5.04 Å². The smallest absolute Gasteiger partial charge is 0.395 e. The van der Waals surface area contributed by atoms with Crippen molar-refractivity contribution in [2.45, 2.75) is 83.0 Å². The molecule has 1 aliphatic rings. The van der Waals surface area contributed by atoms with Crippen LogP contribution in [0.25, 0.3) is 21.2 Å². The Morgan fingerprint density at radius 3 is 2.25 bits per heavy atom. The van der Waals surface area contributed by atoms with E-state index in [1.165, 1.54) is 25.3 Å². The number of hydrogen-bond acceptors (Lipinski definition) is 12. The Balaban J connectivity index is 1.45. The third-order valence-electron chi connectivity index (χ3n) is 9.80. The van der Waals surface area contributed by atoms with Gasteiger partial charge >= 0.3 is 19.8 Å². The highest BCUT2D eigenvalue weighted by Gasteiger charge is 2.62. The minimum absolute atomic E-state index is 0.0396. The van der Waals surface area contributed by atoms with E-state index in [4.69, 9.17) is 28.9 Å². The van der Waals surface area contributed by atoms with Gasteiger partial charge in [0.15, 0.2) is 24.2 Å². The molecule has 0 amide bonds. The lowest BCUT2D eigenvalue weighted by molar-refractivity contribution is -0.170. The standard InChI is InChI=1S/C41H45FN7O8PSi/c1-26(2)54-38(50)27(3)46-58(52)56-34-31-20-14-13-15-28(31)21-22-32(34)53-25-41(47-48-44)36(42)35(37(55-41)49-24-23-33(43)45-39(49)51)57-59(40(4,5)6,29-16-9-7-10-17-29)30-18-11-8-12-19-30/h7-24,26-27,35-37H,25H2,1-6H3,(H2,43,45,51)/t27-,35+,36-,37?,41+/m0/s1. The Morgan fingerprint density at radius 2 is 1.66 bits per heavy atom. The largest absolute Gasteiger partial charge is 0.575 e. The molecule has 2 unspecified atom stereocenters. The Kier molecular flexibility index (Phi) is 12.9. The van der Waals surface area contributed by atoms with Crippen LogP contribution in [0.1, 0.15) is 47.8 Å². The van der Waals surface area contributed by atoms with Gasteiger partial charge in [0.2, 0.25) is 11.5 Å². The molecular formula is C41H45FN7O8PSi. The molecule has 2 N–H and O–H groups in total. The molecule has 1 aromatic heterocycles. The second kappa shape index (κ2) is 17.7. The molecule has 0 saturated carbocycles. The van der Waals surface area contributed by atoms with Crippen molar-refractivity contribution < 1.29 is 37.2 Å². The van der Waals surface area contributed by atoms with Crippen LogP contribution in [0.5, 0.6) is 11.5 Å². The number of halogens is 1. The van der Waals surface area contributed by atoms with Gasteiger partial charge in [-0.1, -0.05) is 122 Å². The maximum absolute atomic E-state index is 17.9. The molecule has 2 heterocycles. The molecule has 5 aromatic rings. The first-order valence-corrected chi connectivity index (χ1v) is 21.9. The maximum atomic E-state index is 17.9. The lowest BCUT2D eigenvalue weighted by Gasteiger charge is -2.45. The number of carbonyl (C=O) groups is 1. The molecular weight excluding hydrogens is 797 g/mol. The van der Waals surface area contributed by atoms with Gasteiger partial charge < -0.3 is 29.3 Å². The van der Waals surface area contributed by atoms with Gasteiger partial charge in [-0.3, -0.25) is 9.09 Å². The molecule has 308 valence electrons. The second-order valence-electron chi connectivity index (χ2n) is 15.2. The number of alkyl halides is 1. The predicted octanol–water partition coefficient (Wildman–Crippen LogP) is 6.45. The highest BCUT2D eigenvalue weighted by atomic mass is 31.1. The summed E-state index contributed by atoms with van der Waals surface area (Å²) in [6.45, 7) is 10.0. The summed E-state index contributed by atoms with van der Waals surface area (Å²) >= 11 is 0. The van der Waals surface area contributed by atoms with Gasteiger partial charge in [0, 0.05) is 16.5 Å². The van der Waals surface area contributed by atoms with Crippen LogP contribution in [0, 0.1) is 0 Å². The Hall–Kier alpha value is -5.67. The molecule has 1 saturated heterocycles. The van der Waals surface area contributed by atoms with E-state index in [2.05, 4.69) is 19.8 Å². The van der Waals surface area contributed by atoms with Gasteiger partial charge in [-0.25, -0.2) is 14.0 Å². The SMILES string of the molecule is CC(C)OC(=O)[C@H](C)N=[P+]([O-])Oc1c(OC[C@@]2(N=[N+]=[N-])OC(n3ccc(N)nc3=O)[C@H](O[Si](c3ccccc3)(c3ccccc3)C(C)(C)C)[C@@H]2F)ccc2ccccc12. The predicted molar refractivity (Wildman–Crippen MR) is 222 cm³/mol. The monoisotopic (exact) mass is 841 g/mol. The van der Waals surface area contributed by atoms with E-state index in [1.807, 2.05) is 81.4 Å². The lowest BCUT2D eigenvalue weighted by atomic mass is 10.1. The number of esters is 1. The van der Waals surface area contributed by atoms with Crippen molar-refractivity contribution in [3.05, 3.63) is 130 Å². The number of nitrogens with two attached hydrogens (primary N) is 1. The van der Waals surface area contributed by atoms with Crippen molar-refractivity contribution in [3.8, 4) is 11.5 Å². The van der Waals surface area contributed by atoms with Crippen molar-refractivity contribution in [2.75, 3.05) is 12.3 Å². The zero-order valence-corrected chi connectivity index (χ0v) is 35.2. The zero-order valence-electron chi connectivity index (χ0n) is 33.3. The van der Waals surface area contributed by atoms with Gasteiger partial charge in [0.1, 0.15) is 18.5 Å². The quantitative estimate of drug-likeness (QED) is 0.0323. The fraction of sp³-hybridized carbons (Fsp3) is 0.341.